The van der Waals surface area contributed by atoms with Crippen LogP contribution in [-0.4, -0.2) is 10.1 Å². The fourth-order valence-corrected chi connectivity index (χ4v) is 1.22. The van der Waals surface area contributed by atoms with Gasteiger partial charge in [0.1, 0.15) is 0 Å². The highest BCUT2D eigenvalue weighted by molar-refractivity contribution is 5.85. The number of benzene rings is 1. The van der Waals surface area contributed by atoms with Gasteiger partial charge in [0.15, 0.2) is 0 Å². The summed E-state index contributed by atoms with van der Waals surface area (Å²) in [6.45, 7) is 0.0781. The lowest BCUT2D eigenvalue weighted by molar-refractivity contribution is 0.278. The maximum atomic E-state index is 8.81. The highest BCUT2D eigenvalue weighted by atomic mass is 35.5. The van der Waals surface area contributed by atoms with Gasteiger partial charge in [-0.2, -0.15) is 0 Å². The zero-order valence-electron chi connectivity index (χ0n) is 6.45. The normalized spacial score (nSPS) is 9.75. The van der Waals surface area contributed by atoms with Crippen molar-refractivity contribution in [1.29, 1.82) is 0 Å². The van der Waals surface area contributed by atoms with Crippen LogP contribution in [-0.2, 0) is 6.61 Å². The summed E-state index contributed by atoms with van der Waals surface area (Å²) in [6.07, 6.45) is 0. The lowest BCUT2D eigenvalue weighted by Gasteiger charge is -1.84. The van der Waals surface area contributed by atoms with Crippen LogP contribution < -0.4 is 0 Å². The molecule has 2 N–H and O–H groups in total. The average molecular weight is 184 g/mol. The van der Waals surface area contributed by atoms with Crippen molar-refractivity contribution >= 4 is 23.3 Å². The molecule has 12 heavy (non-hydrogen) atoms. The van der Waals surface area contributed by atoms with Crippen molar-refractivity contribution in [3.63, 3.8) is 0 Å². The number of fused-ring (bicyclic) bond motifs is 1. The van der Waals surface area contributed by atoms with Crippen molar-refractivity contribution < 1.29 is 5.11 Å². The van der Waals surface area contributed by atoms with Gasteiger partial charge in [0.2, 0.25) is 0 Å². The molecule has 1 heterocycles. The van der Waals surface area contributed by atoms with Gasteiger partial charge < -0.3 is 10.1 Å². The number of aromatic amines is 1. The number of aliphatic hydroxyl groups is 1. The Kier molecular flexibility index (Phi) is 2.74. The molecular weight excluding hydrogens is 174 g/mol. The van der Waals surface area contributed by atoms with E-state index in [9.17, 15) is 0 Å². The summed E-state index contributed by atoms with van der Waals surface area (Å²) in [5, 5.41) is 9.96. The Hall–Kier alpha value is -0.990. The predicted octanol–water partition coefficient (Wildman–Crippen LogP) is 2.08. The van der Waals surface area contributed by atoms with Gasteiger partial charge in [0.25, 0.3) is 0 Å². The number of rotatable bonds is 1. The molecule has 0 atom stereocenters. The van der Waals surface area contributed by atoms with Crippen molar-refractivity contribution in [3.05, 3.63) is 36.0 Å². The molecule has 0 saturated heterocycles. The molecule has 2 aromatic rings. The average Bonchev–Trinajstić information content (AvgIpc) is 2.46. The molecule has 0 aliphatic heterocycles. The van der Waals surface area contributed by atoms with E-state index >= 15 is 0 Å². The first-order valence-corrected chi connectivity index (χ1v) is 3.57. The van der Waals surface area contributed by atoms with E-state index in [2.05, 4.69) is 4.98 Å². The number of hydrogen-bond acceptors (Lipinski definition) is 1. The minimum absolute atomic E-state index is 0. The third kappa shape index (κ3) is 1.44. The molecule has 0 bridgehead atoms. The first kappa shape index (κ1) is 9.10. The van der Waals surface area contributed by atoms with Gasteiger partial charge >= 0.3 is 0 Å². The predicted molar refractivity (Wildman–Crippen MR) is 51.5 cm³/mol. The molecule has 2 nitrogen and oxygen atoms in total. The van der Waals surface area contributed by atoms with E-state index in [0.717, 1.165) is 16.6 Å². The molecule has 0 aliphatic carbocycles. The van der Waals surface area contributed by atoms with Gasteiger partial charge in [-0.3, -0.25) is 0 Å². The van der Waals surface area contributed by atoms with Crippen molar-refractivity contribution in [2.45, 2.75) is 6.61 Å². The summed E-state index contributed by atoms with van der Waals surface area (Å²) in [7, 11) is 0. The second kappa shape index (κ2) is 3.61. The minimum atomic E-state index is 0. The molecule has 0 spiro atoms. The summed E-state index contributed by atoms with van der Waals surface area (Å²) in [5.74, 6) is 0. The Balaban J connectivity index is 0.000000720. The van der Waals surface area contributed by atoms with Crippen molar-refractivity contribution in [2.75, 3.05) is 0 Å². The second-order valence-corrected chi connectivity index (χ2v) is 2.54. The van der Waals surface area contributed by atoms with Crippen LogP contribution in [0.2, 0.25) is 0 Å². The van der Waals surface area contributed by atoms with E-state index in [1.165, 1.54) is 0 Å². The van der Waals surface area contributed by atoms with Crippen LogP contribution in [0.3, 0.4) is 0 Å². The van der Waals surface area contributed by atoms with Gasteiger partial charge in [0.05, 0.1) is 6.61 Å². The highest BCUT2D eigenvalue weighted by Gasteiger charge is 1.96. The summed E-state index contributed by atoms with van der Waals surface area (Å²) in [4.78, 5) is 3.10. The van der Waals surface area contributed by atoms with E-state index in [0.29, 0.717) is 0 Å². The number of aromatic nitrogens is 1. The van der Waals surface area contributed by atoms with Crippen molar-refractivity contribution in [1.82, 2.24) is 4.98 Å². The fraction of sp³-hybridized carbons (Fsp3) is 0.111. The molecule has 1 aromatic carbocycles. The van der Waals surface area contributed by atoms with Gasteiger partial charge in [-0.1, -0.05) is 18.2 Å². The molecule has 2 rings (SSSR count). The Morgan fingerprint density at radius 3 is 2.67 bits per heavy atom. The zero-order valence-corrected chi connectivity index (χ0v) is 7.27. The molecule has 0 unspecified atom stereocenters. The van der Waals surface area contributed by atoms with E-state index in [1.54, 1.807) is 0 Å². The van der Waals surface area contributed by atoms with Crippen LogP contribution in [0, 0.1) is 0 Å². The first-order chi connectivity index (χ1) is 5.40. The topological polar surface area (TPSA) is 36.0 Å². The van der Waals surface area contributed by atoms with Gasteiger partial charge in [0, 0.05) is 11.2 Å². The number of hydrogen-bond donors (Lipinski definition) is 2. The summed E-state index contributed by atoms with van der Waals surface area (Å²) < 4.78 is 0. The quantitative estimate of drug-likeness (QED) is 0.698. The lowest BCUT2D eigenvalue weighted by Crippen LogP contribution is -1.78. The Labute approximate surface area is 76.6 Å². The molecule has 0 saturated carbocycles. The molecule has 3 heteroatoms. The SMILES string of the molecule is Cl.OCc1cc2ccccc2[nH]1. The smallest absolute Gasteiger partial charge is 0.0831 e. The molecule has 0 amide bonds. The molecule has 0 radical (unpaired) electrons. The summed E-state index contributed by atoms with van der Waals surface area (Å²) in [5.41, 5.74) is 1.95. The second-order valence-electron chi connectivity index (χ2n) is 2.54. The van der Waals surface area contributed by atoms with Crippen LogP contribution >= 0.6 is 12.4 Å². The molecule has 64 valence electrons. The maximum Gasteiger partial charge on any atom is 0.0831 e. The monoisotopic (exact) mass is 183 g/mol. The van der Waals surface area contributed by atoms with Crippen LogP contribution in [0.1, 0.15) is 5.69 Å². The number of aliphatic hydroxyl groups excluding tert-OH is 1. The number of halogens is 1. The Morgan fingerprint density at radius 1 is 1.25 bits per heavy atom. The van der Waals surface area contributed by atoms with E-state index < -0.39 is 0 Å². The van der Waals surface area contributed by atoms with Gasteiger partial charge in [-0.25, -0.2) is 0 Å². The molecular formula is C9H10ClNO. The van der Waals surface area contributed by atoms with E-state index in [4.69, 9.17) is 5.11 Å². The Morgan fingerprint density at radius 2 is 2.00 bits per heavy atom. The molecule has 1 aromatic heterocycles. The third-order valence-corrected chi connectivity index (χ3v) is 1.76. The summed E-state index contributed by atoms with van der Waals surface area (Å²) in [6, 6.07) is 9.92. The van der Waals surface area contributed by atoms with Crippen LogP contribution in [0.15, 0.2) is 30.3 Å². The van der Waals surface area contributed by atoms with Crippen LogP contribution in [0.5, 0.6) is 0 Å². The number of H-pyrrole nitrogens is 1. The first-order valence-electron chi connectivity index (χ1n) is 3.57. The van der Waals surface area contributed by atoms with Gasteiger partial charge in [-0.15, -0.1) is 12.4 Å². The number of nitrogens with one attached hydrogen (secondary N) is 1. The molecule has 0 fully saturated rings. The minimum Gasteiger partial charge on any atom is -0.390 e. The largest absolute Gasteiger partial charge is 0.390 e. The molecule has 0 aliphatic rings. The fourth-order valence-electron chi connectivity index (χ4n) is 1.22. The third-order valence-electron chi connectivity index (χ3n) is 1.76. The highest BCUT2D eigenvalue weighted by Crippen LogP contribution is 2.13. The van der Waals surface area contributed by atoms with Crippen LogP contribution in [0.4, 0.5) is 0 Å². The summed E-state index contributed by atoms with van der Waals surface area (Å²) >= 11 is 0. The lowest BCUT2D eigenvalue weighted by atomic mass is 10.2. The van der Waals surface area contributed by atoms with E-state index in [1.807, 2.05) is 30.3 Å². The van der Waals surface area contributed by atoms with Crippen molar-refractivity contribution in [3.8, 4) is 0 Å². The maximum absolute atomic E-state index is 8.81. The number of para-hydroxylation sites is 1. The Bertz CT molecular complexity index is 336. The van der Waals surface area contributed by atoms with Crippen molar-refractivity contribution in [2.24, 2.45) is 0 Å². The standard InChI is InChI=1S/C9H9NO.ClH/c11-6-8-5-7-3-1-2-4-9(7)10-8;/h1-5,10-11H,6H2;1H. The van der Waals surface area contributed by atoms with Crippen LogP contribution in [0.25, 0.3) is 10.9 Å². The zero-order chi connectivity index (χ0) is 7.68. The van der Waals surface area contributed by atoms with Gasteiger partial charge in [-0.05, 0) is 17.5 Å². The van der Waals surface area contributed by atoms with E-state index in [-0.39, 0.29) is 19.0 Å².